The Kier molecular flexibility index (Phi) is 8.23. The van der Waals surface area contributed by atoms with Crippen LogP contribution in [-0.2, 0) is 0 Å². The van der Waals surface area contributed by atoms with Gasteiger partial charge in [0, 0.05) is 38.9 Å². The lowest BCUT2D eigenvalue weighted by Crippen LogP contribution is -2.02. The molecule has 0 aliphatic rings. The molecule has 10 aromatic rings. The maximum Gasteiger partial charge on any atom is 0.0992 e. The van der Waals surface area contributed by atoms with Gasteiger partial charge in [0.1, 0.15) is 0 Å². The molecule has 60 heavy (non-hydrogen) atoms. The summed E-state index contributed by atoms with van der Waals surface area (Å²) in [5.74, 6) is 0. The van der Waals surface area contributed by atoms with Crippen LogP contribution in [0.3, 0.4) is 0 Å². The monoisotopic (exact) mass is 762 g/mol. The van der Waals surface area contributed by atoms with Gasteiger partial charge in [-0.05, 0) is 119 Å². The lowest BCUT2D eigenvalue weighted by Gasteiger charge is -2.18. The smallest absolute Gasteiger partial charge is 0.0992 e. The molecule has 0 N–H and O–H groups in total. The fourth-order valence-electron chi connectivity index (χ4n) is 8.48. The molecule has 0 amide bonds. The van der Waals surface area contributed by atoms with E-state index in [1.54, 1.807) is 42.6 Å². The zero-order valence-electron chi connectivity index (χ0n) is 31.6. The Labute approximate surface area is 343 Å². The minimum atomic E-state index is 0.421. The molecule has 0 radical (unpaired) electrons. The molecular formula is C52H26N8. The number of pyridine rings is 1. The normalized spacial score (nSPS) is 10.9. The Hall–Kier alpha value is -9.26. The number of para-hydroxylation sites is 2. The topological polar surface area (TPSA) is 142 Å². The maximum absolute atomic E-state index is 10.3. The van der Waals surface area contributed by atoms with Crippen LogP contribution >= 0.6 is 0 Å². The fraction of sp³-hybridized carbons (Fsp3) is 0. The second-order valence-electron chi connectivity index (χ2n) is 14.5. The second kappa shape index (κ2) is 14.0. The molecule has 10 rings (SSSR count). The molecule has 7 aromatic carbocycles. The molecule has 0 atom stereocenters. The SMILES string of the molecule is N#Cc1cc(C#N)cc(-c2ccc3c(c2)c2ccccc2n3-c2ccc(C#N)cc2-c2ccncc2-n2c3ccccc3c3cc(-c4cc(C#N)cc(C#N)c4)ccc32)c1. The van der Waals surface area contributed by atoms with Gasteiger partial charge in [-0.15, -0.1) is 0 Å². The summed E-state index contributed by atoms with van der Waals surface area (Å²) in [7, 11) is 0. The van der Waals surface area contributed by atoms with Crippen molar-refractivity contribution < 1.29 is 0 Å². The van der Waals surface area contributed by atoms with Crippen LogP contribution in [0, 0.1) is 56.7 Å². The number of fused-ring (bicyclic) bond motifs is 6. The van der Waals surface area contributed by atoms with Gasteiger partial charge in [-0.25, -0.2) is 0 Å². The highest BCUT2D eigenvalue weighted by Gasteiger charge is 2.22. The number of nitriles is 5. The van der Waals surface area contributed by atoms with Crippen LogP contribution in [0.4, 0.5) is 0 Å². The molecule has 3 aromatic heterocycles. The van der Waals surface area contributed by atoms with Crippen LogP contribution in [0.15, 0.2) is 158 Å². The number of aromatic nitrogens is 3. The van der Waals surface area contributed by atoms with E-state index in [0.717, 1.165) is 88.4 Å². The van der Waals surface area contributed by atoms with E-state index in [1.165, 1.54) is 0 Å². The van der Waals surface area contributed by atoms with Crippen LogP contribution in [0.2, 0.25) is 0 Å². The number of nitrogens with zero attached hydrogens (tertiary/aromatic N) is 8. The predicted molar refractivity (Wildman–Crippen MR) is 233 cm³/mol. The molecule has 3 heterocycles. The van der Waals surface area contributed by atoms with Crippen molar-refractivity contribution in [3.63, 3.8) is 0 Å². The third-order valence-corrected chi connectivity index (χ3v) is 11.1. The van der Waals surface area contributed by atoms with Gasteiger partial charge in [0.2, 0.25) is 0 Å². The minimum Gasteiger partial charge on any atom is -0.309 e. The van der Waals surface area contributed by atoms with Crippen molar-refractivity contribution >= 4 is 43.6 Å². The molecule has 0 aliphatic heterocycles. The average molecular weight is 763 g/mol. The molecule has 0 spiro atoms. The van der Waals surface area contributed by atoms with Crippen LogP contribution in [0.1, 0.15) is 27.8 Å². The molecule has 0 aliphatic carbocycles. The lowest BCUT2D eigenvalue weighted by molar-refractivity contribution is 1.13. The van der Waals surface area contributed by atoms with Gasteiger partial charge in [-0.3, -0.25) is 4.98 Å². The van der Waals surface area contributed by atoms with Crippen molar-refractivity contribution in [3.05, 3.63) is 186 Å². The summed E-state index contributed by atoms with van der Waals surface area (Å²) in [4.78, 5) is 4.65. The van der Waals surface area contributed by atoms with Crippen LogP contribution in [-0.4, -0.2) is 14.1 Å². The van der Waals surface area contributed by atoms with E-state index < -0.39 is 0 Å². The van der Waals surface area contributed by atoms with Crippen molar-refractivity contribution in [3.8, 4) is 75.1 Å². The summed E-state index contributed by atoms with van der Waals surface area (Å²) in [5.41, 5.74) is 12.7. The first-order chi connectivity index (χ1) is 29.5. The van der Waals surface area contributed by atoms with E-state index in [1.807, 2.05) is 66.9 Å². The van der Waals surface area contributed by atoms with Gasteiger partial charge in [0.05, 0.1) is 97.8 Å². The largest absolute Gasteiger partial charge is 0.309 e. The third-order valence-electron chi connectivity index (χ3n) is 11.1. The Morgan fingerprint density at radius 3 is 1.32 bits per heavy atom. The van der Waals surface area contributed by atoms with E-state index in [4.69, 9.17) is 0 Å². The molecule has 274 valence electrons. The van der Waals surface area contributed by atoms with Gasteiger partial charge in [0.25, 0.3) is 0 Å². The molecule has 8 heteroatoms. The highest BCUT2D eigenvalue weighted by atomic mass is 15.0. The van der Waals surface area contributed by atoms with Crippen molar-refractivity contribution in [2.75, 3.05) is 0 Å². The molecule has 0 unspecified atom stereocenters. The number of hydrogen-bond donors (Lipinski definition) is 0. The minimum absolute atomic E-state index is 0.421. The van der Waals surface area contributed by atoms with Gasteiger partial charge >= 0.3 is 0 Å². The summed E-state index contributed by atoms with van der Waals surface area (Å²) < 4.78 is 4.43. The first-order valence-electron chi connectivity index (χ1n) is 19.0. The molecule has 0 saturated heterocycles. The summed E-state index contributed by atoms with van der Waals surface area (Å²) in [6.07, 6.45) is 3.63. The first-order valence-corrected chi connectivity index (χ1v) is 19.0. The Balaban J connectivity index is 1.20. The Morgan fingerprint density at radius 2 is 0.817 bits per heavy atom. The summed E-state index contributed by atoms with van der Waals surface area (Å²) in [5, 5.41) is 53.1. The van der Waals surface area contributed by atoms with E-state index in [0.29, 0.717) is 27.8 Å². The zero-order valence-corrected chi connectivity index (χ0v) is 31.6. The van der Waals surface area contributed by atoms with Crippen molar-refractivity contribution in [2.24, 2.45) is 0 Å². The van der Waals surface area contributed by atoms with Crippen LogP contribution in [0.25, 0.3) is 88.4 Å². The summed E-state index contributed by atoms with van der Waals surface area (Å²) in [6, 6.07) is 58.0. The van der Waals surface area contributed by atoms with Gasteiger partial charge < -0.3 is 9.13 Å². The van der Waals surface area contributed by atoms with Gasteiger partial charge in [-0.2, -0.15) is 26.3 Å². The van der Waals surface area contributed by atoms with Crippen molar-refractivity contribution in [1.82, 2.24) is 14.1 Å². The highest BCUT2D eigenvalue weighted by Crippen LogP contribution is 2.42. The maximum atomic E-state index is 10.3. The Bertz CT molecular complexity index is 3620. The van der Waals surface area contributed by atoms with Crippen LogP contribution < -0.4 is 0 Å². The van der Waals surface area contributed by atoms with Crippen molar-refractivity contribution in [2.45, 2.75) is 0 Å². The zero-order chi connectivity index (χ0) is 40.9. The molecule has 0 fully saturated rings. The number of hydrogen-bond acceptors (Lipinski definition) is 6. The average Bonchev–Trinajstić information content (AvgIpc) is 3.82. The van der Waals surface area contributed by atoms with Crippen molar-refractivity contribution in [1.29, 1.82) is 26.3 Å². The van der Waals surface area contributed by atoms with Crippen LogP contribution in [0.5, 0.6) is 0 Å². The molecular weight excluding hydrogens is 737 g/mol. The van der Waals surface area contributed by atoms with Gasteiger partial charge in [0.15, 0.2) is 0 Å². The number of benzene rings is 7. The number of rotatable bonds is 5. The third kappa shape index (κ3) is 5.61. The molecule has 0 bridgehead atoms. The van der Waals surface area contributed by atoms with E-state index in [-0.39, 0.29) is 0 Å². The quantitative estimate of drug-likeness (QED) is 0.171. The van der Waals surface area contributed by atoms with E-state index in [2.05, 4.69) is 93.0 Å². The fourth-order valence-corrected chi connectivity index (χ4v) is 8.48. The predicted octanol–water partition coefficient (Wildman–Crippen LogP) is 11.6. The first kappa shape index (κ1) is 35.2. The summed E-state index contributed by atoms with van der Waals surface area (Å²) in [6.45, 7) is 0. The van der Waals surface area contributed by atoms with E-state index >= 15 is 0 Å². The standard InChI is InChI=1S/C52H26N8/c53-26-32-9-12-49(59-47-7-3-1-5-41(47)45-24-37(10-13-50(45)59)39-19-33(27-54)17-34(20-39)28-55)44(23-32)43-15-16-58-31-52(43)60-48-8-4-2-6-42(48)46-25-38(11-14-51(46)60)40-21-35(29-56)18-36(22-40)30-57/h1-25,31H. The van der Waals surface area contributed by atoms with E-state index in [9.17, 15) is 26.3 Å². The lowest BCUT2D eigenvalue weighted by atomic mass is 9.98. The molecule has 8 nitrogen and oxygen atoms in total. The second-order valence-corrected chi connectivity index (χ2v) is 14.5. The molecule has 0 saturated carbocycles. The summed E-state index contributed by atoms with van der Waals surface area (Å²) >= 11 is 0. The van der Waals surface area contributed by atoms with Gasteiger partial charge in [-0.1, -0.05) is 48.5 Å². The highest BCUT2D eigenvalue weighted by molar-refractivity contribution is 6.12. The Morgan fingerprint density at radius 1 is 0.350 bits per heavy atom.